The van der Waals surface area contributed by atoms with Crippen LogP contribution in [0.3, 0.4) is 0 Å². The van der Waals surface area contributed by atoms with Gasteiger partial charge in [-0.15, -0.1) is 0 Å². The molecule has 0 saturated heterocycles. The number of H-pyrrole nitrogens is 1. The molecule has 0 bridgehead atoms. The minimum Gasteiger partial charge on any atom is -0.454 e. The van der Waals surface area contributed by atoms with Crippen LogP contribution in [0.1, 0.15) is 39.1 Å². The second-order valence-electron chi connectivity index (χ2n) is 5.93. The van der Waals surface area contributed by atoms with Gasteiger partial charge in [-0.25, -0.2) is 0 Å². The normalized spacial score (nSPS) is 11.8. The van der Waals surface area contributed by atoms with Crippen molar-refractivity contribution >= 4 is 23.2 Å². The second-order valence-corrected chi connectivity index (χ2v) is 6.31. The molecular formula is C16H15ClF3N5O2. The van der Waals surface area contributed by atoms with Gasteiger partial charge in [0.25, 0.3) is 5.91 Å². The molecule has 27 heavy (non-hydrogen) atoms. The molecule has 0 spiro atoms. The van der Waals surface area contributed by atoms with Crippen molar-refractivity contribution in [1.29, 1.82) is 0 Å². The molecule has 7 nitrogen and oxygen atoms in total. The minimum atomic E-state index is -4.70. The van der Waals surface area contributed by atoms with E-state index in [1.54, 1.807) is 24.6 Å². The van der Waals surface area contributed by atoms with Gasteiger partial charge in [0.15, 0.2) is 11.5 Å². The predicted molar refractivity (Wildman–Crippen MR) is 90.8 cm³/mol. The number of furan rings is 1. The third-order valence-corrected chi connectivity index (χ3v) is 4.49. The molecule has 0 aliphatic rings. The second kappa shape index (κ2) is 6.76. The number of rotatable bonds is 4. The van der Waals surface area contributed by atoms with Crippen LogP contribution in [0.4, 0.5) is 18.9 Å². The Balaban J connectivity index is 1.78. The molecular weight excluding hydrogens is 387 g/mol. The number of carbonyl (C=O) groups is 1. The van der Waals surface area contributed by atoms with Crippen LogP contribution in [0.25, 0.3) is 0 Å². The smallest absolute Gasteiger partial charge is 0.437 e. The Morgan fingerprint density at radius 1 is 1.33 bits per heavy atom. The summed E-state index contributed by atoms with van der Waals surface area (Å²) in [4.78, 5) is 12.3. The van der Waals surface area contributed by atoms with E-state index in [9.17, 15) is 18.0 Å². The zero-order valence-electron chi connectivity index (χ0n) is 14.5. The zero-order chi connectivity index (χ0) is 19.9. The Labute approximate surface area is 156 Å². The van der Waals surface area contributed by atoms with Gasteiger partial charge < -0.3 is 9.73 Å². The van der Waals surface area contributed by atoms with E-state index >= 15 is 0 Å². The van der Waals surface area contributed by atoms with Crippen molar-refractivity contribution in [3.8, 4) is 0 Å². The van der Waals surface area contributed by atoms with Crippen molar-refractivity contribution in [1.82, 2.24) is 20.0 Å². The Kier molecular flexibility index (Phi) is 4.77. The molecule has 144 valence electrons. The van der Waals surface area contributed by atoms with Gasteiger partial charge in [0.1, 0.15) is 5.76 Å². The fourth-order valence-electron chi connectivity index (χ4n) is 2.52. The van der Waals surface area contributed by atoms with Crippen LogP contribution in [-0.4, -0.2) is 25.9 Å². The molecule has 3 aromatic heterocycles. The molecule has 0 unspecified atom stereocenters. The molecule has 3 heterocycles. The first-order valence-corrected chi connectivity index (χ1v) is 8.17. The summed E-state index contributed by atoms with van der Waals surface area (Å²) in [5, 5.41) is 12.4. The van der Waals surface area contributed by atoms with Gasteiger partial charge in [-0.3, -0.25) is 14.6 Å². The van der Waals surface area contributed by atoms with Crippen molar-refractivity contribution in [3.05, 3.63) is 51.5 Å². The highest BCUT2D eigenvalue weighted by molar-refractivity contribution is 6.31. The Bertz CT molecular complexity index is 1000. The number of alkyl halides is 3. The maximum atomic E-state index is 13.0. The lowest BCUT2D eigenvalue weighted by Gasteiger charge is -2.08. The number of aryl methyl sites for hydroxylation is 2. The van der Waals surface area contributed by atoms with Crippen LogP contribution in [0.5, 0.6) is 0 Å². The van der Waals surface area contributed by atoms with Gasteiger partial charge in [-0.1, -0.05) is 11.6 Å². The summed E-state index contributed by atoms with van der Waals surface area (Å²) in [7, 11) is 0. The molecule has 0 aliphatic carbocycles. The molecule has 3 rings (SSSR count). The molecule has 0 fully saturated rings. The lowest BCUT2D eigenvalue weighted by molar-refractivity contribution is -0.140. The fraction of sp³-hybridized carbons (Fsp3) is 0.312. The lowest BCUT2D eigenvalue weighted by Crippen LogP contribution is -2.16. The first-order valence-electron chi connectivity index (χ1n) is 7.79. The topological polar surface area (TPSA) is 88.7 Å². The van der Waals surface area contributed by atoms with Crippen molar-refractivity contribution in [2.24, 2.45) is 0 Å². The summed E-state index contributed by atoms with van der Waals surface area (Å²) in [6, 6.07) is 2.92. The van der Waals surface area contributed by atoms with Gasteiger partial charge in [-0.2, -0.15) is 23.4 Å². The molecule has 0 aromatic carbocycles. The minimum absolute atomic E-state index is 0.0831. The molecule has 11 heteroatoms. The molecule has 0 aliphatic heterocycles. The van der Waals surface area contributed by atoms with E-state index in [-0.39, 0.29) is 18.0 Å². The first-order chi connectivity index (χ1) is 12.6. The van der Waals surface area contributed by atoms with Crippen LogP contribution in [0, 0.1) is 20.8 Å². The number of hydrogen-bond donors (Lipinski definition) is 2. The number of carbonyl (C=O) groups excluding carboxylic acids is 1. The van der Waals surface area contributed by atoms with Crippen molar-refractivity contribution < 1.29 is 22.4 Å². The number of nitrogens with zero attached hydrogens (tertiary/aromatic N) is 3. The molecule has 0 atom stereocenters. The molecule has 0 radical (unpaired) electrons. The monoisotopic (exact) mass is 401 g/mol. The number of aromatic nitrogens is 4. The average Bonchev–Trinajstić information content (AvgIpc) is 3.25. The summed E-state index contributed by atoms with van der Waals surface area (Å²) in [6.07, 6.45) is -4.70. The highest BCUT2D eigenvalue weighted by Crippen LogP contribution is 2.34. The zero-order valence-corrected chi connectivity index (χ0v) is 15.3. The summed E-state index contributed by atoms with van der Waals surface area (Å²) >= 11 is 6.09. The maximum Gasteiger partial charge on any atom is 0.437 e. The summed E-state index contributed by atoms with van der Waals surface area (Å²) in [5.74, 6) is -0.545. The SMILES string of the molecule is Cc1nn(Cc2ccc(C(=O)Nc3c(C(F)(F)F)n[nH]c3C)o2)c(C)c1Cl. The van der Waals surface area contributed by atoms with Gasteiger partial charge in [0.2, 0.25) is 0 Å². The highest BCUT2D eigenvalue weighted by atomic mass is 35.5. The molecule has 2 N–H and O–H groups in total. The number of halogens is 4. The molecule has 1 amide bonds. The third kappa shape index (κ3) is 3.70. The van der Waals surface area contributed by atoms with Gasteiger partial charge in [0, 0.05) is 0 Å². The van der Waals surface area contributed by atoms with Crippen LogP contribution < -0.4 is 5.32 Å². The number of nitrogens with one attached hydrogen (secondary N) is 2. The fourth-order valence-corrected chi connectivity index (χ4v) is 2.66. The summed E-state index contributed by atoms with van der Waals surface area (Å²) in [5.41, 5.74) is -0.151. The van der Waals surface area contributed by atoms with Crippen LogP contribution in [-0.2, 0) is 12.7 Å². The highest BCUT2D eigenvalue weighted by Gasteiger charge is 2.38. The van der Waals surface area contributed by atoms with Crippen LogP contribution in [0.15, 0.2) is 16.5 Å². The number of hydrogen-bond acceptors (Lipinski definition) is 4. The molecule has 0 saturated carbocycles. The van der Waals surface area contributed by atoms with Crippen molar-refractivity contribution in [2.45, 2.75) is 33.5 Å². The maximum absolute atomic E-state index is 13.0. The van der Waals surface area contributed by atoms with E-state index in [4.69, 9.17) is 16.0 Å². The Hall–Kier alpha value is -2.75. The molecule has 3 aromatic rings. The standard InChI is InChI=1S/C16H15ClF3N5O2/c1-7-12(17)9(3)25(24-7)6-10-4-5-11(27-10)15(26)21-13-8(2)22-23-14(13)16(18,19)20/h4-5H,6H2,1-3H3,(H,21,26)(H,22,23). The average molecular weight is 402 g/mol. The van der Waals surface area contributed by atoms with E-state index in [0.717, 1.165) is 5.69 Å². The Morgan fingerprint density at radius 3 is 2.63 bits per heavy atom. The van der Waals surface area contributed by atoms with E-state index in [2.05, 4.69) is 20.6 Å². The largest absolute Gasteiger partial charge is 0.454 e. The summed E-state index contributed by atoms with van der Waals surface area (Å²) in [6.45, 7) is 5.15. The number of aromatic amines is 1. The van der Waals surface area contributed by atoms with Gasteiger partial charge in [-0.05, 0) is 32.9 Å². The quantitative estimate of drug-likeness (QED) is 0.689. The van der Waals surface area contributed by atoms with Crippen molar-refractivity contribution in [3.63, 3.8) is 0 Å². The Morgan fingerprint density at radius 2 is 2.04 bits per heavy atom. The number of amides is 1. The number of anilines is 1. The third-order valence-electron chi connectivity index (χ3n) is 3.94. The summed E-state index contributed by atoms with van der Waals surface area (Å²) < 4.78 is 45.9. The first kappa shape index (κ1) is 19.0. The van der Waals surface area contributed by atoms with E-state index in [1.165, 1.54) is 13.0 Å². The van der Waals surface area contributed by atoms with Crippen LogP contribution >= 0.6 is 11.6 Å². The van der Waals surface area contributed by atoms with Crippen molar-refractivity contribution in [2.75, 3.05) is 5.32 Å². The van der Waals surface area contributed by atoms with E-state index in [1.807, 2.05) is 0 Å². The van der Waals surface area contributed by atoms with Crippen LogP contribution in [0.2, 0.25) is 5.02 Å². The van der Waals surface area contributed by atoms with Gasteiger partial charge in [0.05, 0.1) is 34.3 Å². The van der Waals surface area contributed by atoms with E-state index < -0.39 is 23.5 Å². The lowest BCUT2D eigenvalue weighted by atomic mass is 10.2. The van der Waals surface area contributed by atoms with E-state index in [0.29, 0.717) is 16.5 Å². The predicted octanol–water partition coefficient (Wildman–Crippen LogP) is 4.10. The van der Waals surface area contributed by atoms with Gasteiger partial charge >= 0.3 is 6.18 Å².